The summed E-state index contributed by atoms with van der Waals surface area (Å²) in [5.41, 5.74) is 4.57. The van der Waals surface area contributed by atoms with E-state index in [1.807, 2.05) is 24.3 Å². The topological polar surface area (TPSA) is 105 Å². The van der Waals surface area contributed by atoms with Crippen LogP contribution in [0.4, 0.5) is 4.79 Å². The van der Waals surface area contributed by atoms with Gasteiger partial charge in [0.15, 0.2) is 0 Å². The highest BCUT2D eigenvalue weighted by atomic mass is 16.5. The Morgan fingerprint density at radius 2 is 1.71 bits per heavy atom. The van der Waals surface area contributed by atoms with Crippen LogP contribution >= 0.6 is 0 Å². The fourth-order valence-electron chi connectivity index (χ4n) is 5.34. The number of carbonyl (C=O) groups is 3. The van der Waals surface area contributed by atoms with E-state index in [4.69, 9.17) is 9.47 Å². The number of rotatable bonds is 5. The highest BCUT2D eigenvalue weighted by Crippen LogP contribution is 2.44. The monoisotopic (exact) mass is 464 g/mol. The van der Waals surface area contributed by atoms with Crippen molar-refractivity contribution in [2.45, 2.75) is 24.8 Å². The summed E-state index contributed by atoms with van der Waals surface area (Å²) in [5, 5.41) is 12.1. The van der Waals surface area contributed by atoms with Crippen molar-refractivity contribution < 1.29 is 29.0 Å². The SMILES string of the molecule is O=C(NC1COCC1C(=O)N1CCC[C@@H](C(=O)O)C1)OCC1c2ccccc2-c2ccccc21. The van der Waals surface area contributed by atoms with Crippen LogP contribution < -0.4 is 5.32 Å². The van der Waals surface area contributed by atoms with Gasteiger partial charge in [-0.3, -0.25) is 9.59 Å². The first-order valence-electron chi connectivity index (χ1n) is 11.7. The fraction of sp³-hybridized carbons (Fsp3) is 0.423. The summed E-state index contributed by atoms with van der Waals surface area (Å²) >= 11 is 0. The molecule has 2 amide bonds. The van der Waals surface area contributed by atoms with Gasteiger partial charge in [-0.1, -0.05) is 48.5 Å². The van der Waals surface area contributed by atoms with Gasteiger partial charge in [-0.15, -0.1) is 0 Å². The van der Waals surface area contributed by atoms with Gasteiger partial charge in [-0.05, 0) is 35.1 Å². The summed E-state index contributed by atoms with van der Waals surface area (Å²) < 4.78 is 11.1. The minimum Gasteiger partial charge on any atom is -0.481 e. The lowest BCUT2D eigenvalue weighted by Crippen LogP contribution is -2.50. The number of ether oxygens (including phenoxy) is 2. The van der Waals surface area contributed by atoms with Crippen molar-refractivity contribution in [3.05, 3.63) is 59.7 Å². The fourth-order valence-corrected chi connectivity index (χ4v) is 5.34. The lowest BCUT2D eigenvalue weighted by atomic mass is 9.95. The summed E-state index contributed by atoms with van der Waals surface area (Å²) in [6.07, 6.45) is 0.639. The first-order chi connectivity index (χ1) is 16.5. The number of hydrogen-bond acceptors (Lipinski definition) is 5. The number of carbonyl (C=O) groups excluding carboxylic acids is 2. The molecule has 2 aromatic rings. The third-order valence-corrected chi connectivity index (χ3v) is 7.13. The molecule has 5 rings (SSSR count). The van der Waals surface area contributed by atoms with Crippen LogP contribution in [0.3, 0.4) is 0 Å². The van der Waals surface area contributed by atoms with E-state index >= 15 is 0 Å². The number of fused-ring (bicyclic) bond motifs is 3. The Morgan fingerprint density at radius 3 is 2.38 bits per heavy atom. The number of hydrogen-bond donors (Lipinski definition) is 2. The minimum absolute atomic E-state index is 0.0447. The van der Waals surface area contributed by atoms with Crippen molar-refractivity contribution in [1.29, 1.82) is 0 Å². The molecule has 178 valence electrons. The summed E-state index contributed by atoms with van der Waals surface area (Å²) in [5.74, 6) is -2.20. The zero-order chi connectivity index (χ0) is 23.7. The number of nitrogens with zero attached hydrogens (tertiary/aromatic N) is 1. The van der Waals surface area contributed by atoms with Crippen molar-refractivity contribution in [1.82, 2.24) is 10.2 Å². The molecule has 2 aromatic carbocycles. The van der Waals surface area contributed by atoms with Crippen LogP contribution in [0.5, 0.6) is 0 Å². The average molecular weight is 465 g/mol. The van der Waals surface area contributed by atoms with Crippen molar-refractivity contribution >= 4 is 18.0 Å². The Kier molecular flexibility index (Phi) is 6.24. The van der Waals surface area contributed by atoms with E-state index in [0.29, 0.717) is 19.4 Å². The largest absolute Gasteiger partial charge is 0.481 e. The molecule has 0 saturated carbocycles. The number of carboxylic acids is 1. The van der Waals surface area contributed by atoms with Crippen molar-refractivity contribution in [3.63, 3.8) is 0 Å². The van der Waals surface area contributed by atoms with E-state index < -0.39 is 29.9 Å². The van der Waals surface area contributed by atoms with Crippen molar-refractivity contribution in [2.75, 3.05) is 32.9 Å². The average Bonchev–Trinajstić information content (AvgIpc) is 3.44. The third kappa shape index (κ3) is 4.25. The van der Waals surface area contributed by atoms with E-state index in [-0.39, 0.29) is 38.2 Å². The van der Waals surface area contributed by atoms with Gasteiger partial charge >= 0.3 is 12.1 Å². The van der Waals surface area contributed by atoms with Crippen LogP contribution in [0.15, 0.2) is 48.5 Å². The lowest BCUT2D eigenvalue weighted by Gasteiger charge is -2.33. The maximum absolute atomic E-state index is 13.1. The molecule has 3 aliphatic rings. The Labute approximate surface area is 197 Å². The standard InChI is InChI=1S/C26H28N2O6/c29-24(28-11-5-6-16(12-28)25(30)31)22-13-33-15-23(22)27-26(32)34-14-21-19-9-3-1-7-17(19)18-8-2-4-10-20(18)21/h1-4,7-10,16,21-23H,5-6,11-15H2,(H,27,32)(H,30,31)/t16-,22?,23?/m1/s1. The van der Waals surface area contributed by atoms with Crippen LogP contribution in [-0.2, 0) is 19.1 Å². The Bertz CT molecular complexity index is 1060. The van der Waals surface area contributed by atoms with Gasteiger partial charge in [0, 0.05) is 19.0 Å². The number of alkyl carbamates (subject to hydrolysis) is 1. The van der Waals surface area contributed by atoms with E-state index in [1.54, 1.807) is 4.90 Å². The maximum Gasteiger partial charge on any atom is 0.407 e. The number of aliphatic carboxylic acids is 1. The van der Waals surface area contributed by atoms with Crippen LogP contribution in [-0.4, -0.2) is 66.9 Å². The highest BCUT2D eigenvalue weighted by molar-refractivity contribution is 5.82. The molecule has 8 heteroatoms. The normalized spacial score (nSPS) is 23.8. The number of amides is 2. The molecular weight excluding hydrogens is 436 g/mol. The van der Waals surface area contributed by atoms with E-state index in [0.717, 1.165) is 22.3 Å². The quantitative estimate of drug-likeness (QED) is 0.705. The second-order valence-corrected chi connectivity index (χ2v) is 9.18. The molecule has 2 saturated heterocycles. The second-order valence-electron chi connectivity index (χ2n) is 9.18. The van der Waals surface area contributed by atoms with Gasteiger partial charge in [0.1, 0.15) is 6.61 Å². The zero-order valence-corrected chi connectivity index (χ0v) is 18.8. The van der Waals surface area contributed by atoms with Crippen molar-refractivity contribution in [3.8, 4) is 11.1 Å². The molecule has 8 nitrogen and oxygen atoms in total. The van der Waals surface area contributed by atoms with Gasteiger partial charge < -0.3 is 24.8 Å². The van der Waals surface area contributed by atoms with Crippen molar-refractivity contribution in [2.24, 2.45) is 11.8 Å². The molecule has 2 aliphatic heterocycles. The van der Waals surface area contributed by atoms with Crippen LogP contribution in [0.1, 0.15) is 29.9 Å². The predicted octanol–water partition coefficient (Wildman–Crippen LogP) is 2.86. The molecule has 3 atom stereocenters. The highest BCUT2D eigenvalue weighted by Gasteiger charge is 2.40. The molecular formula is C26H28N2O6. The Morgan fingerprint density at radius 1 is 1.03 bits per heavy atom. The van der Waals surface area contributed by atoms with E-state index in [9.17, 15) is 19.5 Å². The molecule has 2 fully saturated rings. The third-order valence-electron chi connectivity index (χ3n) is 7.13. The molecule has 0 spiro atoms. The first-order valence-corrected chi connectivity index (χ1v) is 11.7. The van der Waals surface area contributed by atoms with Gasteiger partial charge in [0.25, 0.3) is 0 Å². The molecule has 1 aliphatic carbocycles. The molecule has 34 heavy (non-hydrogen) atoms. The zero-order valence-electron chi connectivity index (χ0n) is 18.8. The van der Waals surface area contributed by atoms with Crippen LogP contribution in [0.25, 0.3) is 11.1 Å². The maximum atomic E-state index is 13.1. The van der Waals surface area contributed by atoms with Gasteiger partial charge in [-0.2, -0.15) is 0 Å². The van der Waals surface area contributed by atoms with Gasteiger partial charge in [0.2, 0.25) is 5.91 Å². The van der Waals surface area contributed by atoms with E-state index in [1.165, 1.54) is 0 Å². The minimum atomic E-state index is -0.881. The molecule has 0 radical (unpaired) electrons. The molecule has 2 unspecified atom stereocenters. The number of nitrogens with one attached hydrogen (secondary N) is 1. The Balaban J connectivity index is 1.20. The van der Waals surface area contributed by atoms with Crippen LogP contribution in [0.2, 0.25) is 0 Å². The summed E-state index contributed by atoms with van der Waals surface area (Å²) in [6, 6.07) is 15.7. The number of benzene rings is 2. The lowest BCUT2D eigenvalue weighted by molar-refractivity contribution is -0.146. The number of likely N-dealkylation sites (tertiary alicyclic amines) is 1. The summed E-state index contributed by atoms with van der Waals surface area (Å²) in [6.45, 7) is 1.33. The smallest absolute Gasteiger partial charge is 0.407 e. The molecule has 2 N–H and O–H groups in total. The van der Waals surface area contributed by atoms with Crippen LogP contribution in [0, 0.1) is 11.8 Å². The number of piperidine rings is 1. The molecule has 0 aromatic heterocycles. The summed E-state index contributed by atoms with van der Waals surface area (Å²) in [4.78, 5) is 38.7. The molecule has 2 heterocycles. The number of carboxylic acid groups (broad SMARTS) is 1. The summed E-state index contributed by atoms with van der Waals surface area (Å²) in [7, 11) is 0. The second kappa shape index (κ2) is 9.46. The first kappa shape index (κ1) is 22.4. The van der Waals surface area contributed by atoms with Gasteiger partial charge in [-0.25, -0.2) is 4.79 Å². The molecule has 0 bridgehead atoms. The van der Waals surface area contributed by atoms with Gasteiger partial charge in [0.05, 0.1) is 31.1 Å². The predicted molar refractivity (Wildman–Crippen MR) is 123 cm³/mol. The van der Waals surface area contributed by atoms with E-state index in [2.05, 4.69) is 29.6 Å². The Hall–Kier alpha value is -3.39.